The van der Waals surface area contributed by atoms with Crippen molar-refractivity contribution in [2.75, 3.05) is 13.2 Å². The summed E-state index contributed by atoms with van der Waals surface area (Å²) in [5.41, 5.74) is -0.443. The smallest absolute Gasteiger partial charge is 0.250 e. The highest BCUT2D eigenvalue weighted by atomic mass is 35.5. The molecule has 1 aromatic heterocycles. The molecule has 0 unspecified atom stereocenters. The molecule has 0 aliphatic carbocycles. The number of nitrogens with one attached hydrogen (secondary N) is 1. The zero-order chi connectivity index (χ0) is 17.9. The van der Waals surface area contributed by atoms with E-state index in [2.05, 4.69) is 25.5 Å². The summed E-state index contributed by atoms with van der Waals surface area (Å²) in [4.78, 5) is 0. The number of hydrogen-bond acceptors (Lipinski definition) is 4. The van der Waals surface area contributed by atoms with Gasteiger partial charge in [0.05, 0.1) is 11.6 Å². The van der Waals surface area contributed by atoms with E-state index < -0.39 is 15.6 Å². The summed E-state index contributed by atoms with van der Waals surface area (Å²) < 4.78 is 33.5. The molecule has 0 radical (unpaired) electrons. The highest BCUT2D eigenvalue weighted by molar-refractivity contribution is 7.91. The van der Waals surface area contributed by atoms with E-state index in [1.54, 1.807) is 0 Å². The summed E-state index contributed by atoms with van der Waals surface area (Å²) in [7, 11) is -3.63. The van der Waals surface area contributed by atoms with Crippen molar-refractivity contribution in [3.8, 4) is 0 Å². The molecule has 0 aromatic carbocycles. The van der Waals surface area contributed by atoms with Gasteiger partial charge in [-0.05, 0) is 38.2 Å². The Labute approximate surface area is 153 Å². The molecule has 0 bridgehead atoms. The first kappa shape index (κ1) is 21.2. The molecule has 0 amide bonds. The Balaban J connectivity index is 2.53. The van der Waals surface area contributed by atoms with E-state index >= 15 is 0 Å². The summed E-state index contributed by atoms with van der Waals surface area (Å²) in [6.45, 7) is 11.3. The van der Waals surface area contributed by atoms with E-state index in [0.717, 1.165) is 17.8 Å². The average Bonchev–Trinajstić information content (AvgIpc) is 2.67. The topological polar surface area (TPSA) is 55.4 Å². The molecule has 23 heavy (non-hydrogen) atoms. The highest BCUT2D eigenvalue weighted by Crippen LogP contribution is 2.34. The Hall–Kier alpha value is 0.150. The molecular weight excluding hydrogens is 377 g/mol. The number of rotatable bonds is 8. The molecule has 0 spiro atoms. The second-order valence-corrected chi connectivity index (χ2v) is 11.4. The van der Waals surface area contributed by atoms with Gasteiger partial charge in [0.1, 0.15) is 8.55 Å². The van der Waals surface area contributed by atoms with Crippen LogP contribution in [0.3, 0.4) is 0 Å². The molecule has 8 heteroatoms. The molecule has 0 aliphatic rings. The second kappa shape index (κ2) is 8.02. The van der Waals surface area contributed by atoms with Crippen molar-refractivity contribution in [1.82, 2.24) is 4.72 Å². The second-order valence-electron chi connectivity index (χ2n) is 7.39. The Morgan fingerprint density at radius 1 is 1.22 bits per heavy atom. The van der Waals surface area contributed by atoms with Crippen LogP contribution in [0.25, 0.3) is 0 Å². The molecule has 1 N–H and O–H groups in total. The third kappa shape index (κ3) is 7.71. The van der Waals surface area contributed by atoms with Gasteiger partial charge in [-0.25, -0.2) is 13.1 Å². The summed E-state index contributed by atoms with van der Waals surface area (Å²) in [6, 6.07) is 1.37. The largest absolute Gasteiger partial charge is 0.381 e. The maximum absolute atomic E-state index is 12.4. The van der Waals surface area contributed by atoms with Crippen molar-refractivity contribution in [3.63, 3.8) is 0 Å². The van der Waals surface area contributed by atoms with Gasteiger partial charge in [0.2, 0.25) is 0 Å². The normalized spacial score (nSPS) is 13.5. The minimum Gasteiger partial charge on any atom is -0.381 e. The van der Waals surface area contributed by atoms with Gasteiger partial charge in [0.25, 0.3) is 10.0 Å². The predicted octanol–water partition coefficient (Wildman–Crippen LogP) is 4.95. The van der Waals surface area contributed by atoms with E-state index in [0.29, 0.717) is 19.6 Å². The van der Waals surface area contributed by atoms with Crippen molar-refractivity contribution in [2.24, 2.45) is 5.41 Å². The number of hydrogen-bond donors (Lipinski definition) is 1. The molecule has 0 aliphatic heterocycles. The van der Waals surface area contributed by atoms with Gasteiger partial charge >= 0.3 is 0 Å². The van der Waals surface area contributed by atoms with Crippen LogP contribution in [0, 0.1) is 5.41 Å². The van der Waals surface area contributed by atoms with Crippen LogP contribution in [0.4, 0.5) is 0 Å². The lowest BCUT2D eigenvalue weighted by Gasteiger charge is -2.26. The fourth-order valence-electron chi connectivity index (χ4n) is 1.92. The lowest BCUT2D eigenvalue weighted by Crippen LogP contribution is -2.43. The Morgan fingerprint density at radius 2 is 1.83 bits per heavy atom. The fraction of sp³-hybridized carbons (Fsp3) is 0.733. The van der Waals surface area contributed by atoms with Crippen molar-refractivity contribution in [3.05, 3.63) is 15.4 Å². The third-order valence-electron chi connectivity index (χ3n) is 2.92. The van der Waals surface area contributed by atoms with Crippen LogP contribution >= 0.6 is 34.5 Å². The monoisotopic (exact) mass is 401 g/mol. The molecule has 1 rings (SSSR count). The zero-order valence-electron chi connectivity index (χ0n) is 14.2. The average molecular weight is 402 g/mol. The molecule has 0 saturated heterocycles. The lowest BCUT2D eigenvalue weighted by molar-refractivity contribution is 0.0664. The standard InChI is InChI=1S/C15H25Cl2NO3S2/c1-14(2,3)10-21-8-6-7-15(4,5)18-23(19,20)12-9-11(16)13(17)22-12/h9,18H,6-8,10H2,1-5H3. The van der Waals surface area contributed by atoms with Crippen LogP contribution in [0.1, 0.15) is 47.5 Å². The first-order valence-electron chi connectivity index (χ1n) is 7.39. The van der Waals surface area contributed by atoms with E-state index in [1.807, 2.05) is 13.8 Å². The molecule has 0 fully saturated rings. The maximum atomic E-state index is 12.4. The van der Waals surface area contributed by atoms with E-state index in [9.17, 15) is 8.42 Å². The van der Waals surface area contributed by atoms with Crippen LogP contribution < -0.4 is 4.72 Å². The van der Waals surface area contributed by atoms with Gasteiger partial charge in [0, 0.05) is 12.1 Å². The van der Waals surface area contributed by atoms with Gasteiger partial charge in [-0.2, -0.15) is 0 Å². The summed E-state index contributed by atoms with van der Waals surface area (Å²) >= 11 is 12.6. The quantitative estimate of drug-likeness (QED) is 0.626. The van der Waals surface area contributed by atoms with Crippen LogP contribution in [0.15, 0.2) is 10.3 Å². The molecule has 1 aromatic rings. The van der Waals surface area contributed by atoms with Crippen molar-refractivity contribution < 1.29 is 13.2 Å². The SMILES string of the molecule is CC(C)(C)COCCCC(C)(C)NS(=O)(=O)c1cc(Cl)c(Cl)s1. The molecule has 4 nitrogen and oxygen atoms in total. The molecule has 1 heterocycles. The Bertz CT molecular complexity index is 600. The number of sulfonamides is 1. The van der Waals surface area contributed by atoms with Crippen LogP contribution in [-0.4, -0.2) is 27.2 Å². The summed E-state index contributed by atoms with van der Waals surface area (Å²) in [5.74, 6) is 0. The van der Waals surface area contributed by atoms with Gasteiger partial charge in [0.15, 0.2) is 0 Å². The lowest BCUT2D eigenvalue weighted by atomic mass is 9.98. The third-order valence-corrected chi connectivity index (χ3v) is 6.96. The molecular formula is C15H25Cl2NO3S2. The van der Waals surface area contributed by atoms with E-state index in [4.69, 9.17) is 27.9 Å². The zero-order valence-corrected chi connectivity index (χ0v) is 17.3. The van der Waals surface area contributed by atoms with Gasteiger partial charge in [-0.1, -0.05) is 44.0 Å². The van der Waals surface area contributed by atoms with Crippen molar-refractivity contribution in [2.45, 2.75) is 57.2 Å². The predicted molar refractivity (Wildman–Crippen MR) is 98.2 cm³/mol. The number of thiophene rings is 1. The van der Waals surface area contributed by atoms with Crippen molar-refractivity contribution in [1.29, 1.82) is 0 Å². The molecule has 134 valence electrons. The van der Waals surface area contributed by atoms with Gasteiger partial charge in [-0.15, -0.1) is 11.3 Å². The summed E-state index contributed by atoms with van der Waals surface area (Å²) in [5, 5.41) is 0.255. The summed E-state index contributed by atoms with van der Waals surface area (Å²) in [6.07, 6.45) is 1.45. The molecule has 0 saturated carbocycles. The number of ether oxygens (including phenoxy) is 1. The first-order valence-corrected chi connectivity index (χ1v) is 10.4. The first-order chi connectivity index (χ1) is 10.3. The Kier molecular flexibility index (Phi) is 7.39. The maximum Gasteiger partial charge on any atom is 0.250 e. The molecule has 0 atom stereocenters. The van der Waals surface area contributed by atoms with E-state index in [-0.39, 0.29) is 19.0 Å². The Morgan fingerprint density at radius 3 is 2.30 bits per heavy atom. The van der Waals surface area contributed by atoms with Crippen LogP contribution in [0.2, 0.25) is 9.36 Å². The van der Waals surface area contributed by atoms with Crippen LogP contribution in [-0.2, 0) is 14.8 Å². The van der Waals surface area contributed by atoms with Crippen molar-refractivity contribution >= 4 is 44.6 Å². The fourth-order valence-corrected chi connectivity index (χ4v) is 5.24. The van der Waals surface area contributed by atoms with Gasteiger partial charge < -0.3 is 4.74 Å². The minimum absolute atomic E-state index is 0.129. The van der Waals surface area contributed by atoms with E-state index in [1.165, 1.54) is 6.07 Å². The highest BCUT2D eigenvalue weighted by Gasteiger charge is 2.28. The van der Waals surface area contributed by atoms with Gasteiger partial charge in [-0.3, -0.25) is 0 Å². The number of halogens is 2. The minimum atomic E-state index is -3.63. The van der Waals surface area contributed by atoms with Crippen LogP contribution in [0.5, 0.6) is 0 Å².